The first-order valence-corrected chi connectivity index (χ1v) is 17.2. The molecule has 5 N–H and O–H groups in total. The molecule has 0 aliphatic rings. The van der Waals surface area contributed by atoms with Gasteiger partial charge in [-0.25, -0.2) is 0 Å². The zero-order valence-corrected chi connectivity index (χ0v) is 27.6. The molecule has 0 spiro atoms. The molecule has 44 heavy (non-hydrogen) atoms. The minimum atomic E-state index is -1.16. The van der Waals surface area contributed by atoms with Crippen molar-refractivity contribution in [1.29, 1.82) is 0 Å². The normalized spacial score (nSPS) is 14.8. The highest BCUT2D eigenvalue weighted by Gasteiger charge is 2.22. The van der Waals surface area contributed by atoms with Gasteiger partial charge in [0.05, 0.1) is 6.10 Å². The van der Waals surface area contributed by atoms with Crippen molar-refractivity contribution in [1.82, 2.24) is 0 Å². The minimum Gasteiger partial charge on any atom is -0.481 e. The van der Waals surface area contributed by atoms with E-state index < -0.39 is 41.4 Å². The van der Waals surface area contributed by atoms with Crippen LogP contribution in [0.15, 0.2) is 48.6 Å². The first-order chi connectivity index (χ1) is 21.2. The van der Waals surface area contributed by atoms with E-state index in [1.54, 1.807) is 12.2 Å². The number of aliphatic hydroxyl groups is 2. The number of thioether (sulfide) groups is 1. The predicted molar refractivity (Wildman–Crippen MR) is 178 cm³/mol. The summed E-state index contributed by atoms with van der Waals surface area (Å²) in [5.41, 5.74) is 6.00. The van der Waals surface area contributed by atoms with Gasteiger partial charge >= 0.3 is 17.9 Å². The Morgan fingerprint density at radius 3 is 2.20 bits per heavy atom. The molecule has 10 heteroatoms. The summed E-state index contributed by atoms with van der Waals surface area (Å²) in [7, 11) is 0. The molecule has 0 saturated carbocycles. The van der Waals surface area contributed by atoms with Crippen molar-refractivity contribution < 1.29 is 39.2 Å². The first-order valence-electron chi connectivity index (χ1n) is 16.1. The maximum Gasteiger partial charge on any atom is 0.323 e. The number of ether oxygens (including phenoxy) is 2. The van der Waals surface area contributed by atoms with E-state index >= 15 is 0 Å². The van der Waals surface area contributed by atoms with E-state index in [2.05, 4.69) is 32.1 Å². The molecule has 4 atom stereocenters. The van der Waals surface area contributed by atoms with Crippen molar-refractivity contribution in [3.05, 3.63) is 48.6 Å². The fourth-order valence-electron chi connectivity index (χ4n) is 3.94. The molecule has 0 aromatic heterocycles. The van der Waals surface area contributed by atoms with Crippen molar-refractivity contribution >= 4 is 29.7 Å². The van der Waals surface area contributed by atoms with Crippen LogP contribution in [0.5, 0.6) is 0 Å². The van der Waals surface area contributed by atoms with E-state index in [0.717, 1.165) is 44.9 Å². The van der Waals surface area contributed by atoms with E-state index in [9.17, 15) is 24.6 Å². The molecule has 0 rings (SSSR count). The van der Waals surface area contributed by atoms with Crippen molar-refractivity contribution in [3.8, 4) is 0 Å². The SMILES string of the molecule is CCCCC/C=C\C\C=C/C=C/C=C/[C@@H](SC[C@H](N)C(=O)OC[C@H](O)COC(=O)CCCCCCC)[C@@H](O)CCCC(=O)O. The van der Waals surface area contributed by atoms with Gasteiger partial charge in [0.1, 0.15) is 25.4 Å². The lowest BCUT2D eigenvalue weighted by molar-refractivity contribution is -0.153. The molecule has 0 heterocycles. The number of aliphatic hydroxyl groups excluding tert-OH is 2. The third kappa shape index (κ3) is 26.0. The van der Waals surface area contributed by atoms with Gasteiger partial charge in [0, 0.05) is 23.8 Å². The van der Waals surface area contributed by atoms with Crippen molar-refractivity contribution in [2.75, 3.05) is 19.0 Å². The number of esters is 2. The summed E-state index contributed by atoms with van der Waals surface area (Å²) < 4.78 is 10.1. The zero-order chi connectivity index (χ0) is 32.8. The Hall–Kier alpha value is -2.40. The fraction of sp³-hybridized carbons (Fsp3) is 0.676. The lowest BCUT2D eigenvalue weighted by Gasteiger charge is -2.21. The van der Waals surface area contributed by atoms with E-state index in [4.69, 9.17) is 20.3 Å². The fourth-order valence-corrected chi connectivity index (χ4v) is 5.06. The van der Waals surface area contributed by atoms with Crippen LogP contribution in [-0.4, -0.2) is 75.7 Å². The van der Waals surface area contributed by atoms with Crippen LogP contribution in [0.25, 0.3) is 0 Å². The monoisotopic (exact) mass is 639 g/mol. The molecule has 0 aromatic rings. The first kappa shape index (κ1) is 41.6. The molecule has 0 unspecified atom stereocenters. The Kier molecular flexibility index (Phi) is 27.7. The molecule has 0 radical (unpaired) electrons. The number of allylic oxidation sites excluding steroid dienone is 7. The van der Waals surface area contributed by atoms with Crippen LogP contribution in [0.2, 0.25) is 0 Å². The largest absolute Gasteiger partial charge is 0.481 e. The average Bonchev–Trinajstić information content (AvgIpc) is 3.00. The van der Waals surface area contributed by atoms with Crippen molar-refractivity contribution in [3.63, 3.8) is 0 Å². The van der Waals surface area contributed by atoms with E-state index in [1.807, 2.05) is 18.2 Å². The molecule has 252 valence electrons. The average molecular weight is 640 g/mol. The summed E-state index contributed by atoms with van der Waals surface area (Å²) in [6.07, 6.45) is 25.2. The Morgan fingerprint density at radius 1 is 0.795 bits per heavy atom. The number of carbonyl (C=O) groups excluding carboxylic acids is 2. The van der Waals surface area contributed by atoms with Crippen molar-refractivity contribution in [2.45, 2.75) is 127 Å². The van der Waals surface area contributed by atoms with Gasteiger partial charge in [0.15, 0.2) is 0 Å². The third-order valence-corrected chi connectivity index (χ3v) is 7.97. The van der Waals surface area contributed by atoms with E-state index in [-0.39, 0.29) is 31.8 Å². The number of carboxylic acids is 1. The van der Waals surface area contributed by atoms with E-state index in [1.165, 1.54) is 31.0 Å². The number of carbonyl (C=O) groups is 3. The highest BCUT2D eigenvalue weighted by atomic mass is 32.2. The number of carboxylic acid groups (broad SMARTS) is 1. The predicted octanol–water partition coefficient (Wildman–Crippen LogP) is 6.03. The molecule has 0 aromatic carbocycles. The number of aliphatic carboxylic acids is 1. The van der Waals surface area contributed by atoms with Crippen molar-refractivity contribution in [2.24, 2.45) is 5.73 Å². The number of rotatable bonds is 28. The van der Waals surface area contributed by atoms with Gasteiger partial charge in [-0.05, 0) is 38.5 Å². The van der Waals surface area contributed by atoms with Gasteiger partial charge < -0.3 is 30.5 Å². The second-order valence-electron chi connectivity index (χ2n) is 10.8. The van der Waals surface area contributed by atoms with Crippen LogP contribution in [0, 0.1) is 0 Å². The minimum absolute atomic E-state index is 0.0433. The Labute approximate surface area is 269 Å². The van der Waals surface area contributed by atoms with Gasteiger partial charge in [0.25, 0.3) is 0 Å². The van der Waals surface area contributed by atoms with Gasteiger partial charge in [-0.1, -0.05) is 101 Å². The molecule has 0 amide bonds. The van der Waals surface area contributed by atoms with Gasteiger partial charge in [-0.3, -0.25) is 14.4 Å². The Morgan fingerprint density at radius 2 is 1.48 bits per heavy atom. The van der Waals surface area contributed by atoms with Crippen LogP contribution in [0.1, 0.15) is 104 Å². The number of hydrogen-bond donors (Lipinski definition) is 4. The molecule has 0 aliphatic heterocycles. The number of unbranched alkanes of at least 4 members (excludes halogenated alkanes) is 7. The Bertz CT molecular complexity index is 873. The molecule has 0 aliphatic carbocycles. The van der Waals surface area contributed by atoms with Crippen LogP contribution in [0.3, 0.4) is 0 Å². The zero-order valence-electron chi connectivity index (χ0n) is 26.8. The van der Waals surface area contributed by atoms with Crippen LogP contribution in [-0.2, 0) is 23.9 Å². The summed E-state index contributed by atoms with van der Waals surface area (Å²) >= 11 is 1.27. The number of hydrogen-bond acceptors (Lipinski definition) is 9. The van der Waals surface area contributed by atoms with Gasteiger partial charge in [-0.15, -0.1) is 11.8 Å². The van der Waals surface area contributed by atoms with Gasteiger partial charge in [-0.2, -0.15) is 0 Å². The van der Waals surface area contributed by atoms with E-state index in [0.29, 0.717) is 12.8 Å². The highest BCUT2D eigenvalue weighted by molar-refractivity contribution is 8.00. The molecule has 9 nitrogen and oxygen atoms in total. The molecule has 0 saturated heterocycles. The molecular weight excluding hydrogens is 582 g/mol. The highest BCUT2D eigenvalue weighted by Crippen LogP contribution is 2.21. The standard InChI is InChI=1S/C34H57NO8S/c1-3-5-7-9-10-11-12-13-14-15-17-18-22-31(30(37)21-20-23-32(38)39)44-27-29(35)34(41)43-26-28(36)25-42-33(40)24-19-16-8-6-4-2/h10-11,13-15,17-18,22,28-31,36-37H,3-9,12,16,19-21,23-27,35H2,1-2H3,(H,38,39)/b11-10-,14-13-,17-15+,22-18+/t28-,29+,30+,31-/m1/s1. The van der Waals surface area contributed by atoms with Crippen LogP contribution < -0.4 is 5.73 Å². The quantitative estimate of drug-likeness (QED) is 0.0345. The summed E-state index contributed by atoms with van der Waals surface area (Å²) in [5, 5.41) is 29.2. The summed E-state index contributed by atoms with van der Waals surface area (Å²) in [4.78, 5) is 35.0. The van der Waals surface area contributed by atoms with Gasteiger partial charge in [0.2, 0.25) is 0 Å². The maximum absolute atomic E-state index is 12.4. The Balaban J connectivity index is 4.66. The lowest BCUT2D eigenvalue weighted by Crippen LogP contribution is -2.38. The number of nitrogens with two attached hydrogens (primary N) is 1. The molecular formula is C34H57NO8S. The van der Waals surface area contributed by atoms with Crippen LogP contribution >= 0.6 is 11.8 Å². The summed E-state index contributed by atoms with van der Waals surface area (Å²) in [5.74, 6) is -1.89. The summed E-state index contributed by atoms with van der Waals surface area (Å²) in [6.45, 7) is 3.69. The molecule has 0 bridgehead atoms. The summed E-state index contributed by atoms with van der Waals surface area (Å²) in [6, 6.07) is -1.01. The topological polar surface area (TPSA) is 156 Å². The third-order valence-electron chi connectivity index (χ3n) is 6.56. The second kappa shape index (κ2) is 29.3. The molecule has 0 fully saturated rings. The van der Waals surface area contributed by atoms with Crippen LogP contribution in [0.4, 0.5) is 0 Å². The smallest absolute Gasteiger partial charge is 0.323 e. The maximum atomic E-state index is 12.4. The second-order valence-corrected chi connectivity index (χ2v) is 12.0. The lowest BCUT2D eigenvalue weighted by atomic mass is 10.1.